The number of carbonyl (C=O) groups is 1. The second-order valence-electron chi connectivity index (χ2n) is 9.97. The van der Waals surface area contributed by atoms with Gasteiger partial charge in [0.1, 0.15) is 5.69 Å². The Morgan fingerprint density at radius 2 is 1.91 bits per heavy atom. The summed E-state index contributed by atoms with van der Waals surface area (Å²) >= 11 is 1.52. The number of likely N-dealkylation sites (tertiary alicyclic amines) is 1. The average molecular weight is 496 g/mol. The van der Waals surface area contributed by atoms with Gasteiger partial charge in [-0.1, -0.05) is 60.9 Å². The molecule has 5 rings (SSSR count). The van der Waals surface area contributed by atoms with Crippen LogP contribution in [0.4, 0.5) is 10.9 Å². The van der Waals surface area contributed by atoms with E-state index in [0.29, 0.717) is 18.6 Å². The number of piperidine rings is 1. The number of fused-ring (bicyclic) bond motifs is 1. The summed E-state index contributed by atoms with van der Waals surface area (Å²) in [6.45, 7) is 5.31. The number of aromatic nitrogens is 3. The molecule has 0 spiro atoms. The van der Waals surface area contributed by atoms with Crippen molar-refractivity contribution in [1.29, 1.82) is 0 Å². The van der Waals surface area contributed by atoms with Gasteiger partial charge in [0.2, 0.25) is 16.0 Å². The first-order valence-electron chi connectivity index (χ1n) is 13.0. The number of benzene rings is 1. The maximum absolute atomic E-state index is 12.6. The predicted octanol–water partition coefficient (Wildman–Crippen LogP) is 4.24. The Hall–Kier alpha value is -2.65. The molecule has 9 heteroatoms. The quantitative estimate of drug-likeness (QED) is 0.462. The molecule has 1 saturated carbocycles. The number of nitrogens with zero attached hydrogens (tertiary/aromatic N) is 5. The van der Waals surface area contributed by atoms with E-state index >= 15 is 0 Å². The molecule has 0 bridgehead atoms. The molecule has 1 aromatic carbocycles. The van der Waals surface area contributed by atoms with Gasteiger partial charge in [-0.15, -0.1) is 5.10 Å². The number of carbonyl (C=O) groups excluding carboxylic acids is 1. The summed E-state index contributed by atoms with van der Waals surface area (Å²) in [6.07, 6.45) is 8.71. The van der Waals surface area contributed by atoms with Crippen molar-refractivity contribution in [1.82, 2.24) is 24.8 Å². The Kier molecular flexibility index (Phi) is 7.53. The molecule has 2 fully saturated rings. The molecule has 188 valence electrons. The molecule has 1 unspecified atom stereocenters. The molecule has 2 aliphatic rings. The summed E-state index contributed by atoms with van der Waals surface area (Å²) < 4.78 is 1.92. The Morgan fingerprint density at radius 3 is 2.69 bits per heavy atom. The number of likely N-dealkylation sites (N-methyl/N-ethyl adjacent to an activating group) is 1. The highest BCUT2D eigenvalue weighted by Crippen LogP contribution is 2.35. The van der Waals surface area contributed by atoms with Gasteiger partial charge in [0.25, 0.3) is 0 Å². The zero-order valence-electron chi connectivity index (χ0n) is 20.9. The third-order valence-corrected chi connectivity index (χ3v) is 8.33. The lowest BCUT2D eigenvalue weighted by Gasteiger charge is -2.33. The van der Waals surface area contributed by atoms with Crippen LogP contribution in [0.15, 0.2) is 30.3 Å². The second-order valence-corrected chi connectivity index (χ2v) is 10.9. The highest BCUT2D eigenvalue weighted by atomic mass is 32.1. The minimum atomic E-state index is 0.0271. The maximum Gasteiger partial charge on any atom is 0.239 e. The molecule has 1 saturated heterocycles. The van der Waals surface area contributed by atoms with Crippen LogP contribution in [-0.2, 0) is 4.79 Å². The van der Waals surface area contributed by atoms with Crippen molar-refractivity contribution in [2.24, 2.45) is 0 Å². The van der Waals surface area contributed by atoms with Gasteiger partial charge in [-0.05, 0) is 39.2 Å². The number of hydrogen-bond donors (Lipinski definition) is 2. The molecule has 8 nitrogen and oxygen atoms in total. The van der Waals surface area contributed by atoms with E-state index in [4.69, 9.17) is 10.1 Å². The van der Waals surface area contributed by atoms with Crippen molar-refractivity contribution in [3.63, 3.8) is 0 Å². The lowest BCUT2D eigenvalue weighted by atomic mass is 10.0. The van der Waals surface area contributed by atoms with E-state index in [9.17, 15) is 4.79 Å². The summed E-state index contributed by atoms with van der Waals surface area (Å²) in [5.41, 5.74) is 2.03. The zero-order chi connectivity index (χ0) is 24.2. The fourth-order valence-corrected chi connectivity index (χ4v) is 6.11. The van der Waals surface area contributed by atoms with Gasteiger partial charge in [0.05, 0.1) is 6.54 Å². The van der Waals surface area contributed by atoms with Gasteiger partial charge in [-0.3, -0.25) is 9.69 Å². The highest BCUT2D eigenvalue weighted by Gasteiger charge is 2.24. The van der Waals surface area contributed by atoms with Gasteiger partial charge in [0.15, 0.2) is 5.82 Å². The fourth-order valence-electron chi connectivity index (χ4n) is 5.25. The van der Waals surface area contributed by atoms with Crippen LogP contribution in [0.3, 0.4) is 0 Å². The first kappa shape index (κ1) is 24.1. The molecule has 3 heterocycles. The van der Waals surface area contributed by atoms with Crippen molar-refractivity contribution < 1.29 is 4.79 Å². The Morgan fingerprint density at radius 1 is 1.14 bits per heavy atom. The van der Waals surface area contributed by atoms with Crippen LogP contribution in [0.1, 0.15) is 51.9 Å². The Labute approximate surface area is 211 Å². The highest BCUT2D eigenvalue weighted by molar-refractivity contribution is 7.20. The average Bonchev–Trinajstić information content (AvgIpc) is 3.59. The SMILES string of the molecule is CC1CCCCN1CCNC(=O)CN(C)c1nn2c(NC3CCCC3)c(-c3ccccc3)nc2s1. The number of rotatable bonds is 9. The van der Waals surface area contributed by atoms with Crippen molar-refractivity contribution in [3.8, 4) is 11.3 Å². The van der Waals surface area contributed by atoms with E-state index < -0.39 is 0 Å². The van der Waals surface area contributed by atoms with Crippen molar-refractivity contribution >= 4 is 33.2 Å². The van der Waals surface area contributed by atoms with Crippen molar-refractivity contribution in [2.75, 3.05) is 43.4 Å². The van der Waals surface area contributed by atoms with Gasteiger partial charge in [-0.25, -0.2) is 4.98 Å². The normalized spacial score (nSPS) is 19.3. The van der Waals surface area contributed by atoms with Crippen LogP contribution in [-0.4, -0.2) is 70.7 Å². The molecule has 2 N–H and O–H groups in total. The third-order valence-electron chi connectivity index (χ3n) is 7.31. The molecule has 1 atom stereocenters. The minimum Gasteiger partial charge on any atom is -0.365 e. The molecular formula is C26H37N7OS. The van der Waals surface area contributed by atoms with E-state index in [2.05, 4.69) is 34.6 Å². The van der Waals surface area contributed by atoms with Crippen LogP contribution < -0.4 is 15.5 Å². The zero-order valence-corrected chi connectivity index (χ0v) is 21.7. The molecule has 1 aliphatic heterocycles. The van der Waals surface area contributed by atoms with Gasteiger partial charge < -0.3 is 15.5 Å². The number of hydrogen-bond acceptors (Lipinski definition) is 7. The monoisotopic (exact) mass is 495 g/mol. The van der Waals surface area contributed by atoms with Crippen LogP contribution in [0.25, 0.3) is 16.2 Å². The summed E-state index contributed by atoms with van der Waals surface area (Å²) in [5.74, 6) is 0.980. The topological polar surface area (TPSA) is 77.8 Å². The lowest BCUT2D eigenvalue weighted by Crippen LogP contribution is -2.44. The first-order valence-corrected chi connectivity index (χ1v) is 13.8. The molecule has 2 aromatic heterocycles. The van der Waals surface area contributed by atoms with E-state index in [1.165, 1.54) is 56.3 Å². The standard InChI is InChI=1S/C26H37N7OS/c1-19-10-8-9-16-32(19)17-15-27-22(34)18-31(2)26-30-33-24(28-21-13-6-7-14-21)23(29-25(33)35-26)20-11-4-3-5-12-20/h3-5,11-12,19,21,28H,6-10,13-18H2,1-2H3,(H,27,34). The summed E-state index contributed by atoms with van der Waals surface area (Å²) in [5, 5.41) is 12.5. The fraction of sp³-hybridized carbons (Fsp3) is 0.577. The summed E-state index contributed by atoms with van der Waals surface area (Å²) in [4.78, 5) is 22.8. The molecule has 35 heavy (non-hydrogen) atoms. The number of anilines is 2. The Balaban J connectivity index is 1.26. The molecule has 0 radical (unpaired) electrons. The number of amides is 1. The van der Waals surface area contributed by atoms with Crippen molar-refractivity contribution in [2.45, 2.75) is 64.0 Å². The third kappa shape index (κ3) is 5.62. The molecule has 1 aliphatic carbocycles. The van der Waals surface area contributed by atoms with Crippen LogP contribution in [0.5, 0.6) is 0 Å². The largest absolute Gasteiger partial charge is 0.365 e. The minimum absolute atomic E-state index is 0.0271. The van der Waals surface area contributed by atoms with E-state index in [0.717, 1.165) is 40.3 Å². The predicted molar refractivity (Wildman–Crippen MR) is 143 cm³/mol. The Bertz CT molecular complexity index is 1120. The maximum atomic E-state index is 12.6. The van der Waals surface area contributed by atoms with E-state index in [1.807, 2.05) is 34.7 Å². The number of imidazole rings is 1. The van der Waals surface area contributed by atoms with Crippen LogP contribution in [0, 0.1) is 0 Å². The van der Waals surface area contributed by atoms with Crippen molar-refractivity contribution in [3.05, 3.63) is 30.3 Å². The first-order chi connectivity index (χ1) is 17.1. The lowest BCUT2D eigenvalue weighted by molar-refractivity contribution is -0.119. The van der Waals surface area contributed by atoms with Crippen LogP contribution >= 0.6 is 11.3 Å². The van der Waals surface area contributed by atoms with Crippen LogP contribution in [0.2, 0.25) is 0 Å². The smallest absolute Gasteiger partial charge is 0.239 e. The van der Waals surface area contributed by atoms with Gasteiger partial charge in [-0.2, -0.15) is 4.52 Å². The molecule has 1 amide bonds. The molecular weight excluding hydrogens is 458 g/mol. The summed E-state index contributed by atoms with van der Waals surface area (Å²) in [6, 6.07) is 11.4. The second kappa shape index (κ2) is 11.0. The van der Waals surface area contributed by atoms with Gasteiger partial charge >= 0.3 is 0 Å². The molecule has 3 aromatic rings. The van der Waals surface area contributed by atoms with E-state index in [-0.39, 0.29) is 12.5 Å². The van der Waals surface area contributed by atoms with Gasteiger partial charge in [0, 0.05) is 37.8 Å². The summed E-state index contributed by atoms with van der Waals surface area (Å²) in [7, 11) is 1.92. The number of nitrogens with one attached hydrogen (secondary N) is 2. The van der Waals surface area contributed by atoms with E-state index in [1.54, 1.807) is 0 Å².